The average molecular weight is 355 g/mol. The second-order valence-corrected chi connectivity index (χ2v) is 6.46. The van der Waals surface area contributed by atoms with E-state index in [0.717, 1.165) is 5.69 Å². The molecule has 0 bridgehead atoms. The summed E-state index contributed by atoms with van der Waals surface area (Å²) in [5.41, 5.74) is 1.39. The maximum Gasteiger partial charge on any atom is 0.232 e. The van der Waals surface area contributed by atoms with Crippen LogP contribution in [0.1, 0.15) is 12.8 Å². The topological polar surface area (TPSA) is 71.4 Å². The van der Waals surface area contributed by atoms with Gasteiger partial charge in [-0.2, -0.15) is 0 Å². The molecular formula is C19H21N3O4. The molecular weight excluding hydrogens is 334 g/mol. The highest BCUT2D eigenvalue weighted by atomic mass is 16.5. The number of aliphatic imine (C=N–C) groups is 1. The van der Waals surface area contributed by atoms with Crippen molar-refractivity contribution in [3.63, 3.8) is 0 Å². The number of ether oxygens (including phenoxy) is 2. The quantitative estimate of drug-likeness (QED) is 0.819. The summed E-state index contributed by atoms with van der Waals surface area (Å²) in [5, 5.41) is 0. The van der Waals surface area contributed by atoms with Gasteiger partial charge in [-0.3, -0.25) is 9.59 Å². The molecule has 0 aliphatic carbocycles. The van der Waals surface area contributed by atoms with Crippen molar-refractivity contribution in [2.24, 2.45) is 4.99 Å². The van der Waals surface area contributed by atoms with Crippen LogP contribution in [0.3, 0.4) is 0 Å². The molecule has 26 heavy (non-hydrogen) atoms. The number of rotatable bonds is 3. The van der Waals surface area contributed by atoms with Crippen molar-refractivity contribution in [3.8, 4) is 5.75 Å². The zero-order valence-corrected chi connectivity index (χ0v) is 14.5. The van der Waals surface area contributed by atoms with Gasteiger partial charge < -0.3 is 19.3 Å². The lowest BCUT2D eigenvalue weighted by molar-refractivity contribution is -0.117. The van der Waals surface area contributed by atoms with Crippen LogP contribution in [0.15, 0.2) is 41.2 Å². The summed E-state index contributed by atoms with van der Waals surface area (Å²) in [7, 11) is 0. The Kier molecular flexibility index (Phi) is 4.71. The second kappa shape index (κ2) is 7.29. The molecule has 136 valence electrons. The van der Waals surface area contributed by atoms with Gasteiger partial charge in [0.1, 0.15) is 18.2 Å². The van der Waals surface area contributed by atoms with Crippen molar-refractivity contribution in [2.75, 3.05) is 44.4 Å². The van der Waals surface area contributed by atoms with E-state index in [9.17, 15) is 9.59 Å². The van der Waals surface area contributed by atoms with Crippen LogP contribution in [-0.2, 0) is 14.3 Å². The van der Waals surface area contributed by atoms with Gasteiger partial charge in [-0.1, -0.05) is 12.1 Å². The molecule has 0 N–H and O–H groups in total. The van der Waals surface area contributed by atoms with E-state index in [4.69, 9.17) is 9.47 Å². The monoisotopic (exact) mass is 355 g/mol. The number of fused-ring (bicyclic) bond motifs is 1. The molecule has 0 saturated carbocycles. The Balaban J connectivity index is 1.50. The SMILES string of the molecule is O=C1C=C(N2CCOCC2)N=C(CC(=O)N2CCOc3ccccc32)C1. The Hall–Kier alpha value is -2.67. The van der Waals surface area contributed by atoms with Crippen molar-refractivity contribution in [2.45, 2.75) is 12.8 Å². The number of hydrogen-bond acceptors (Lipinski definition) is 6. The van der Waals surface area contributed by atoms with Crippen molar-refractivity contribution in [1.29, 1.82) is 0 Å². The summed E-state index contributed by atoms with van der Waals surface area (Å²) in [5.74, 6) is 1.29. The van der Waals surface area contributed by atoms with Crippen LogP contribution in [0.2, 0.25) is 0 Å². The van der Waals surface area contributed by atoms with E-state index in [2.05, 4.69) is 4.99 Å². The van der Waals surface area contributed by atoms with Crippen molar-refractivity contribution < 1.29 is 19.1 Å². The van der Waals surface area contributed by atoms with Gasteiger partial charge >= 0.3 is 0 Å². The minimum Gasteiger partial charge on any atom is -0.490 e. The number of carbonyl (C=O) groups excluding carboxylic acids is 2. The summed E-state index contributed by atoms with van der Waals surface area (Å²) in [6, 6.07) is 7.50. The van der Waals surface area contributed by atoms with Gasteiger partial charge in [-0.05, 0) is 12.1 Å². The summed E-state index contributed by atoms with van der Waals surface area (Å²) in [6.45, 7) is 3.64. The minimum atomic E-state index is -0.0597. The van der Waals surface area contributed by atoms with Crippen LogP contribution < -0.4 is 9.64 Å². The van der Waals surface area contributed by atoms with E-state index in [1.807, 2.05) is 29.2 Å². The Morgan fingerprint density at radius 1 is 1.12 bits per heavy atom. The second-order valence-electron chi connectivity index (χ2n) is 6.46. The normalized spacial score (nSPS) is 20.1. The fourth-order valence-corrected chi connectivity index (χ4v) is 3.39. The number of ketones is 1. The lowest BCUT2D eigenvalue weighted by atomic mass is 10.1. The number of morpholine rings is 1. The Morgan fingerprint density at radius 2 is 1.92 bits per heavy atom. The van der Waals surface area contributed by atoms with E-state index in [1.54, 1.807) is 11.0 Å². The van der Waals surface area contributed by atoms with Crippen LogP contribution in [0.5, 0.6) is 5.75 Å². The van der Waals surface area contributed by atoms with E-state index in [1.165, 1.54) is 0 Å². The highest BCUT2D eigenvalue weighted by molar-refractivity contribution is 6.16. The Morgan fingerprint density at radius 3 is 2.77 bits per heavy atom. The molecule has 0 spiro atoms. The van der Waals surface area contributed by atoms with E-state index >= 15 is 0 Å². The van der Waals surface area contributed by atoms with Crippen LogP contribution in [-0.4, -0.2) is 61.8 Å². The first-order valence-electron chi connectivity index (χ1n) is 8.86. The molecule has 0 aromatic heterocycles. The highest BCUT2D eigenvalue weighted by Crippen LogP contribution is 2.31. The number of amides is 1. The third-order valence-electron chi connectivity index (χ3n) is 4.66. The predicted molar refractivity (Wildman–Crippen MR) is 96.4 cm³/mol. The number of carbonyl (C=O) groups is 2. The molecule has 7 heteroatoms. The molecule has 1 fully saturated rings. The third kappa shape index (κ3) is 3.48. The average Bonchev–Trinajstić information content (AvgIpc) is 2.67. The number of anilines is 1. The summed E-state index contributed by atoms with van der Waals surface area (Å²) < 4.78 is 10.9. The number of allylic oxidation sites excluding steroid dienone is 1. The molecule has 1 amide bonds. The van der Waals surface area contributed by atoms with Crippen LogP contribution >= 0.6 is 0 Å². The predicted octanol–water partition coefficient (Wildman–Crippen LogP) is 1.39. The molecule has 0 atom stereocenters. The number of para-hydroxylation sites is 2. The molecule has 3 heterocycles. The van der Waals surface area contributed by atoms with Gasteiger partial charge in [0.25, 0.3) is 0 Å². The fourth-order valence-electron chi connectivity index (χ4n) is 3.39. The Labute approximate surface area is 151 Å². The molecule has 1 saturated heterocycles. The lowest BCUT2D eigenvalue weighted by Crippen LogP contribution is -2.40. The maximum absolute atomic E-state index is 12.8. The molecule has 0 unspecified atom stereocenters. The van der Waals surface area contributed by atoms with E-state index in [0.29, 0.717) is 56.7 Å². The van der Waals surface area contributed by atoms with Crippen molar-refractivity contribution >= 4 is 23.1 Å². The fraction of sp³-hybridized carbons (Fsp3) is 0.421. The standard InChI is InChI=1S/C19H21N3O4/c23-15-11-14(20-18(13-15)21-5-8-25-9-6-21)12-19(24)22-7-10-26-17-4-2-1-3-16(17)22/h1-4,13H,5-12H2. The first-order chi connectivity index (χ1) is 12.7. The minimum absolute atomic E-state index is 0.00771. The molecule has 1 aromatic rings. The molecule has 3 aliphatic heterocycles. The first kappa shape index (κ1) is 16.8. The molecule has 7 nitrogen and oxygen atoms in total. The molecule has 4 rings (SSSR count). The van der Waals surface area contributed by atoms with Crippen LogP contribution in [0.4, 0.5) is 5.69 Å². The van der Waals surface area contributed by atoms with Gasteiger partial charge in [-0.15, -0.1) is 0 Å². The van der Waals surface area contributed by atoms with Gasteiger partial charge in [0.05, 0.1) is 31.9 Å². The molecule has 1 aromatic carbocycles. The van der Waals surface area contributed by atoms with Crippen LogP contribution in [0, 0.1) is 0 Å². The highest BCUT2D eigenvalue weighted by Gasteiger charge is 2.26. The molecule has 3 aliphatic rings. The third-order valence-corrected chi connectivity index (χ3v) is 4.66. The van der Waals surface area contributed by atoms with E-state index < -0.39 is 0 Å². The van der Waals surface area contributed by atoms with Crippen LogP contribution in [0.25, 0.3) is 0 Å². The summed E-state index contributed by atoms with van der Waals surface area (Å²) >= 11 is 0. The van der Waals surface area contributed by atoms with E-state index in [-0.39, 0.29) is 24.5 Å². The maximum atomic E-state index is 12.8. The van der Waals surface area contributed by atoms with Crippen molar-refractivity contribution in [3.05, 3.63) is 36.2 Å². The smallest absolute Gasteiger partial charge is 0.232 e. The number of nitrogens with zero attached hydrogens (tertiary/aromatic N) is 3. The lowest BCUT2D eigenvalue weighted by Gasteiger charge is -2.31. The largest absolute Gasteiger partial charge is 0.490 e. The zero-order valence-electron chi connectivity index (χ0n) is 14.5. The zero-order chi connectivity index (χ0) is 17.9. The number of benzene rings is 1. The van der Waals surface area contributed by atoms with Gasteiger partial charge in [0.15, 0.2) is 5.78 Å². The van der Waals surface area contributed by atoms with Gasteiger partial charge in [-0.25, -0.2) is 4.99 Å². The van der Waals surface area contributed by atoms with Crippen molar-refractivity contribution in [1.82, 2.24) is 4.90 Å². The number of hydrogen-bond donors (Lipinski definition) is 0. The van der Waals surface area contributed by atoms with Gasteiger partial charge in [0.2, 0.25) is 5.91 Å². The summed E-state index contributed by atoms with van der Waals surface area (Å²) in [6.07, 6.45) is 1.91. The van der Waals surface area contributed by atoms with Gasteiger partial charge in [0, 0.05) is 31.3 Å². The Bertz CT molecular complexity index is 781. The summed E-state index contributed by atoms with van der Waals surface area (Å²) in [4.78, 5) is 33.3. The first-order valence-corrected chi connectivity index (χ1v) is 8.86. The molecule has 0 radical (unpaired) electrons.